The van der Waals surface area contributed by atoms with Crippen LogP contribution in [0.1, 0.15) is 5.69 Å². The number of pyridine rings is 1. The molecule has 1 atom stereocenters. The number of anilines is 1. The standard InChI is InChI=1S/C21H24FN3O4S/c1-30(27,28)25-18-5-7-20(8-6-18)29-14-19(26)13-23-11-10-17-4-2-15-12-16(22)3-9-21(15)24-17/h2-9,12,19,23,25-26H,10-11,13-14H2,1H3. The molecule has 0 bridgehead atoms. The molecule has 0 spiro atoms. The van der Waals surface area contributed by atoms with Gasteiger partial charge in [-0.15, -0.1) is 0 Å². The van der Waals surface area contributed by atoms with Crippen LogP contribution in [-0.4, -0.2) is 50.6 Å². The van der Waals surface area contributed by atoms with E-state index < -0.39 is 16.1 Å². The van der Waals surface area contributed by atoms with Gasteiger partial charge in [0.25, 0.3) is 0 Å². The van der Waals surface area contributed by atoms with E-state index in [0.717, 1.165) is 22.9 Å². The largest absolute Gasteiger partial charge is 0.491 e. The second-order valence-electron chi connectivity index (χ2n) is 6.96. The molecule has 7 nitrogen and oxygen atoms in total. The minimum Gasteiger partial charge on any atom is -0.491 e. The van der Waals surface area contributed by atoms with Gasteiger partial charge >= 0.3 is 0 Å². The number of hydrogen-bond donors (Lipinski definition) is 3. The molecule has 1 aromatic heterocycles. The molecule has 2 aromatic carbocycles. The molecule has 1 heterocycles. The number of nitrogens with zero attached hydrogens (tertiary/aromatic N) is 1. The Hall–Kier alpha value is -2.75. The third-order valence-corrected chi connectivity index (χ3v) is 4.85. The van der Waals surface area contributed by atoms with Crippen molar-refractivity contribution in [2.24, 2.45) is 0 Å². The molecule has 3 rings (SSSR count). The smallest absolute Gasteiger partial charge is 0.229 e. The van der Waals surface area contributed by atoms with Crippen LogP contribution in [0.2, 0.25) is 0 Å². The maximum atomic E-state index is 13.2. The van der Waals surface area contributed by atoms with Gasteiger partial charge in [0.1, 0.15) is 24.3 Å². The van der Waals surface area contributed by atoms with Crippen molar-refractivity contribution in [3.8, 4) is 5.75 Å². The van der Waals surface area contributed by atoms with Crippen molar-refractivity contribution < 1.29 is 22.7 Å². The lowest BCUT2D eigenvalue weighted by Gasteiger charge is -2.14. The van der Waals surface area contributed by atoms with Crippen molar-refractivity contribution in [3.63, 3.8) is 0 Å². The van der Waals surface area contributed by atoms with Crippen molar-refractivity contribution in [1.29, 1.82) is 0 Å². The summed E-state index contributed by atoms with van der Waals surface area (Å²) in [5.41, 5.74) is 2.08. The molecule has 0 saturated heterocycles. The molecule has 3 aromatic rings. The van der Waals surface area contributed by atoms with Gasteiger partial charge in [0, 0.05) is 36.3 Å². The van der Waals surface area contributed by atoms with E-state index in [2.05, 4.69) is 15.0 Å². The van der Waals surface area contributed by atoms with Crippen LogP contribution >= 0.6 is 0 Å². The van der Waals surface area contributed by atoms with Gasteiger partial charge in [0.15, 0.2) is 0 Å². The van der Waals surface area contributed by atoms with E-state index in [4.69, 9.17) is 4.74 Å². The highest BCUT2D eigenvalue weighted by molar-refractivity contribution is 7.92. The van der Waals surface area contributed by atoms with Crippen LogP contribution in [0.5, 0.6) is 5.75 Å². The van der Waals surface area contributed by atoms with Gasteiger partial charge in [0.05, 0.1) is 11.8 Å². The predicted octanol–water partition coefficient (Wildman–Crippen LogP) is 2.32. The molecule has 0 aliphatic carbocycles. The lowest BCUT2D eigenvalue weighted by atomic mass is 10.2. The van der Waals surface area contributed by atoms with Gasteiger partial charge in [-0.25, -0.2) is 12.8 Å². The number of ether oxygens (including phenoxy) is 1. The summed E-state index contributed by atoms with van der Waals surface area (Å²) in [6, 6.07) is 14.7. The Morgan fingerprint density at radius 2 is 1.90 bits per heavy atom. The highest BCUT2D eigenvalue weighted by Gasteiger charge is 2.07. The number of hydrogen-bond acceptors (Lipinski definition) is 6. The number of rotatable bonds is 10. The Morgan fingerprint density at radius 1 is 1.13 bits per heavy atom. The first kappa shape index (κ1) is 21.9. The highest BCUT2D eigenvalue weighted by atomic mass is 32.2. The molecule has 160 valence electrons. The number of nitrogens with one attached hydrogen (secondary N) is 2. The number of halogens is 1. The van der Waals surface area contributed by atoms with E-state index in [-0.39, 0.29) is 12.4 Å². The Balaban J connectivity index is 1.38. The summed E-state index contributed by atoms with van der Waals surface area (Å²) < 4.78 is 43.5. The Labute approximate surface area is 175 Å². The van der Waals surface area contributed by atoms with Gasteiger partial charge in [-0.2, -0.15) is 0 Å². The lowest BCUT2D eigenvalue weighted by Crippen LogP contribution is -2.32. The molecular formula is C21H24FN3O4S. The summed E-state index contributed by atoms with van der Waals surface area (Å²) in [5, 5.41) is 14.0. The summed E-state index contributed by atoms with van der Waals surface area (Å²) >= 11 is 0. The van der Waals surface area contributed by atoms with Crippen molar-refractivity contribution >= 4 is 26.6 Å². The quantitative estimate of drug-likeness (QED) is 0.424. The van der Waals surface area contributed by atoms with Crippen molar-refractivity contribution in [2.75, 3.05) is 30.7 Å². The van der Waals surface area contributed by atoms with E-state index >= 15 is 0 Å². The maximum absolute atomic E-state index is 13.2. The first-order valence-corrected chi connectivity index (χ1v) is 11.3. The van der Waals surface area contributed by atoms with E-state index in [1.807, 2.05) is 12.1 Å². The zero-order chi connectivity index (χ0) is 21.6. The molecular weight excluding hydrogens is 409 g/mol. The van der Waals surface area contributed by atoms with Crippen LogP contribution < -0.4 is 14.8 Å². The molecule has 0 aliphatic heterocycles. The average molecular weight is 434 g/mol. The Bertz CT molecular complexity index is 1090. The van der Waals surface area contributed by atoms with Gasteiger partial charge < -0.3 is 15.2 Å². The Kier molecular flexibility index (Phi) is 7.20. The molecule has 0 saturated carbocycles. The van der Waals surface area contributed by atoms with Crippen molar-refractivity contribution in [3.05, 3.63) is 66.1 Å². The number of benzene rings is 2. The van der Waals surface area contributed by atoms with Crippen LogP contribution in [0.25, 0.3) is 10.9 Å². The van der Waals surface area contributed by atoms with Crippen molar-refractivity contribution in [1.82, 2.24) is 10.3 Å². The molecule has 0 radical (unpaired) electrons. The van der Waals surface area contributed by atoms with E-state index in [9.17, 15) is 17.9 Å². The normalized spacial score (nSPS) is 12.6. The zero-order valence-electron chi connectivity index (χ0n) is 16.5. The number of fused-ring (bicyclic) bond motifs is 1. The number of sulfonamides is 1. The van der Waals surface area contributed by atoms with Crippen LogP contribution in [0, 0.1) is 5.82 Å². The van der Waals surface area contributed by atoms with Gasteiger partial charge in [-0.05, 0) is 48.5 Å². The van der Waals surface area contributed by atoms with Gasteiger partial charge in [-0.3, -0.25) is 9.71 Å². The number of aliphatic hydroxyl groups excluding tert-OH is 1. The fourth-order valence-electron chi connectivity index (χ4n) is 2.85. The second kappa shape index (κ2) is 9.84. The third-order valence-electron chi connectivity index (χ3n) is 4.25. The fraction of sp³-hybridized carbons (Fsp3) is 0.286. The lowest BCUT2D eigenvalue weighted by molar-refractivity contribution is 0.106. The first-order chi connectivity index (χ1) is 14.3. The summed E-state index contributed by atoms with van der Waals surface area (Å²) in [4.78, 5) is 4.50. The number of aliphatic hydroxyl groups is 1. The SMILES string of the molecule is CS(=O)(=O)Nc1ccc(OCC(O)CNCCc2ccc3cc(F)ccc3n2)cc1. The highest BCUT2D eigenvalue weighted by Crippen LogP contribution is 2.17. The van der Waals surface area contributed by atoms with Gasteiger partial charge in [0.2, 0.25) is 10.0 Å². The minimum atomic E-state index is -3.32. The molecule has 0 amide bonds. The summed E-state index contributed by atoms with van der Waals surface area (Å²) in [5.74, 6) is 0.251. The Morgan fingerprint density at radius 3 is 2.63 bits per heavy atom. The van der Waals surface area contributed by atoms with Crippen LogP contribution in [0.3, 0.4) is 0 Å². The first-order valence-electron chi connectivity index (χ1n) is 9.43. The molecule has 0 aliphatic rings. The predicted molar refractivity (Wildman–Crippen MR) is 115 cm³/mol. The van der Waals surface area contributed by atoms with Crippen LogP contribution in [0.4, 0.5) is 10.1 Å². The summed E-state index contributed by atoms with van der Waals surface area (Å²) in [6.07, 6.45) is 1.06. The van der Waals surface area contributed by atoms with Crippen LogP contribution in [-0.2, 0) is 16.4 Å². The molecule has 30 heavy (non-hydrogen) atoms. The maximum Gasteiger partial charge on any atom is 0.229 e. The van der Waals surface area contributed by atoms with Gasteiger partial charge in [-0.1, -0.05) is 6.07 Å². The minimum absolute atomic E-state index is 0.103. The second-order valence-corrected chi connectivity index (χ2v) is 8.71. The molecule has 9 heteroatoms. The molecule has 3 N–H and O–H groups in total. The fourth-order valence-corrected chi connectivity index (χ4v) is 3.41. The average Bonchev–Trinajstić information content (AvgIpc) is 2.69. The topological polar surface area (TPSA) is 101 Å². The van der Waals surface area contributed by atoms with Crippen molar-refractivity contribution in [2.45, 2.75) is 12.5 Å². The number of aromatic nitrogens is 1. The summed E-state index contributed by atoms with van der Waals surface area (Å²) in [7, 11) is -3.32. The monoisotopic (exact) mass is 433 g/mol. The zero-order valence-corrected chi connectivity index (χ0v) is 17.3. The van der Waals surface area contributed by atoms with E-state index in [1.54, 1.807) is 30.3 Å². The third kappa shape index (κ3) is 6.94. The molecule has 0 fully saturated rings. The van der Waals surface area contributed by atoms with E-state index in [0.29, 0.717) is 30.9 Å². The summed E-state index contributed by atoms with van der Waals surface area (Å²) in [6.45, 7) is 1.08. The van der Waals surface area contributed by atoms with Crippen LogP contribution in [0.15, 0.2) is 54.6 Å². The van der Waals surface area contributed by atoms with E-state index in [1.165, 1.54) is 12.1 Å². The molecule has 1 unspecified atom stereocenters.